The number of phenolic OH excluding ortho intramolecular Hbond substituents is 1. The molecule has 0 aliphatic rings. The molecule has 31 heavy (non-hydrogen) atoms. The van der Waals surface area contributed by atoms with Gasteiger partial charge < -0.3 is 10.2 Å². The molecule has 0 aliphatic heterocycles. The van der Waals surface area contributed by atoms with Crippen LogP contribution in [-0.4, -0.2) is 31.2 Å². The third-order valence-corrected chi connectivity index (χ3v) is 7.37. The Morgan fingerprint density at radius 2 is 1.61 bits per heavy atom. The molecule has 6 nitrogen and oxygen atoms in total. The number of aliphatic carboxylic acids is 1. The van der Waals surface area contributed by atoms with Crippen LogP contribution in [0.1, 0.15) is 37.7 Å². The third kappa shape index (κ3) is 5.83. The summed E-state index contributed by atoms with van der Waals surface area (Å²) in [5.74, 6) is -0.655. The monoisotopic (exact) mass is 443 g/mol. The lowest BCUT2D eigenvalue weighted by Crippen LogP contribution is -2.39. The van der Waals surface area contributed by atoms with Crippen LogP contribution in [0.4, 0.5) is 5.69 Å². The number of anilines is 1. The zero-order chi connectivity index (χ0) is 22.5. The van der Waals surface area contributed by atoms with Crippen LogP contribution in [0, 0.1) is 0 Å². The molecule has 7 heteroatoms. The Bertz CT molecular complexity index is 1150. The number of fused-ring (bicyclic) bond motifs is 1. The van der Waals surface area contributed by atoms with E-state index in [2.05, 4.69) is 4.72 Å². The Morgan fingerprint density at radius 1 is 0.935 bits per heavy atom. The molecule has 0 aromatic heterocycles. The number of unbranched alkanes of at least 4 members (excludes halogenated alkanes) is 3. The fraction of sp³-hybridized carbons (Fsp3) is 0.292. The van der Waals surface area contributed by atoms with Gasteiger partial charge in [-0.15, -0.1) is 9.53 Å². The van der Waals surface area contributed by atoms with Crippen LogP contribution in [-0.2, 0) is 20.7 Å². The van der Waals surface area contributed by atoms with Crippen LogP contribution >= 0.6 is 0 Å². The lowest BCUT2D eigenvalue weighted by molar-refractivity contribution is -0.137. The molecule has 0 fully saturated rings. The van der Waals surface area contributed by atoms with E-state index >= 15 is 0 Å². The van der Waals surface area contributed by atoms with Crippen LogP contribution in [0.5, 0.6) is 5.75 Å². The topological polar surface area (TPSA) is 107 Å². The molecule has 0 heterocycles. The van der Waals surface area contributed by atoms with E-state index in [-0.39, 0.29) is 12.2 Å². The number of carbonyl (C=O) groups is 1. The Hall–Kier alpha value is -2.90. The second kappa shape index (κ2) is 9.08. The summed E-state index contributed by atoms with van der Waals surface area (Å²) in [4.78, 5) is 10.9. The predicted molar refractivity (Wildman–Crippen MR) is 125 cm³/mol. The Labute approximate surface area is 182 Å². The summed E-state index contributed by atoms with van der Waals surface area (Å²) >= 11 is 0. The fourth-order valence-electron chi connectivity index (χ4n) is 3.66. The van der Waals surface area contributed by atoms with E-state index in [1.807, 2.05) is 6.07 Å². The normalized spacial score (nSPS) is 12.9. The van der Waals surface area contributed by atoms with Gasteiger partial charge in [-0.2, -0.15) is 4.21 Å². The maximum atomic E-state index is 13.6. The summed E-state index contributed by atoms with van der Waals surface area (Å²) in [5, 5.41) is 20.0. The van der Waals surface area contributed by atoms with Crippen molar-refractivity contribution in [1.82, 2.24) is 0 Å². The van der Waals surface area contributed by atoms with Crippen molar-refractivity contribution < 1.29 is 23.8 Å². The number of benzene rings is 3. The molecular weight excluding hydrogens is 414 g/mol. The van der Waals surface area contributed by atoms with Gasteiger partial charge in [0.05, 0.1) is 10.6 Å². The number of nitrogens with one attached hydrogen (secondary N) is 1. The van der Waals surface area contributed by atoms with Crippen molar-refractivity contribution in [1.29, 1.82) is 0 Å². The van der Waals surface area contributed by atoms with Crippen molar-refractivity contribution in [3.8, 4) is 5.75 Å². The molecule has 0 bridgehead atoms. The molecule has 3 aromatic rings. The maximum absolute atomic E-state index is 13.6. The summed E-state index contributed by atoms with van der Waals surface area (Å²) in [6.45, 7) is 0. The maximum Gasteiger partial charge on any atom is 0.303 e. The van der Waals surface area contributed by atoms with E-state index in [1.54, 1.807) is 54.6 Å². The number of aryl methyl sites for hydroxylation is 1. The molecule has 166 valence electrons. The predicted octanol–water partition coefficient (Wildman–Crippen LogP) is 5.43. The summed E-state index contributed by atoms with van der Waals surface area (Å²) in [5.41, 5.74) is 1.43. The second-order valence-corrected chi connectivity index (χ2v) is 11.3. The highest BCUT2D eigenvalue weighted by molar-refractivity contribution is 8.15. The number of hydrogen-bond donors (Lipinski definition) is 4. The van der Waals surface area contributed by atoms with Crippen LogP contribution in [0.3, 0.4) is 0 Å². The van der Waals surface area contributed by atoms with E-state index in [1.165, 1.54) is 6.26 Å². The highest BCUT2D eigenvalue weighted by atomic mass is 32.3. The SMILES string of the molecule is CS(=O)(O)(Nc1cccc2c(O)cccc12)c1cccc(CCCCCCC(=O)O)c1. The van der Waals surface area contributed by atoms with E-state index < -0.39 is 15.5 Å². The van der Waals surface area contributed by atoms with Crippen molar-refractivity contribution in [2.45, 2.75) is 43.4 Å². The standard InChI is InChI=1S/C24H29NO5S/c1-31(29,30,25-22-14-7-13-21-20(22)12-8-15-23(21)26)19-11-6-10-18(17-19)9-4-2-3-5-16-24(27)28/h6-8,10-15,17,26H,2-5,9,16H2,1H3,(H,27,28)(H2,25,29,30). The molecule has 4 N–H and O–H groups in total. The first-order valence-electron chi connectivity index (χ1n) is 10.3. The van der Waals surface area contributed by atoms with Gasteiger partial charge in [0.15, 0.2) is 0 Å². The minimum atomic E-state index is -4.41. The number of rotatable bonds is 10. The molecule has 0 saturated carbocycles. The Balaban J connectivity index is 1.75. The molecule has 0 spiro atoms. The summed E-state index contributed by atoms with van der Waals surface area (Å²) in [6, 6.07) is 17.4. The highest BCUT2D eigenvalue weighted by Crippen LogP contribution is 2.36. The lowest BCUT2D eigenvalue weighted by Gasteiger charge is -2.41. The van der Waals surface area contributed by atoms with Crippen molar-refractivity contribution in [2.75, 3.05) is 11.0 Å². The number of hydrogen-bond acceptors (Lipinski definition) is 3. The second-order valence-electron chi connectivity index (χ2n) is 8.02. The first-order chi connectivity index (χ1) is 14.6. The van der Waals surface area contributed by atoms with E-state index in [9.17, 15) is 18.7 Å². The van der Waals surface area contributed by atoms with Gasteiger partial charge >= 0.3 is 5.97 Å². The van der Waals surface area contributed by atoms with Crippen molar-refractivity contribution in [3.05, 3.63) is 66.2 Å². The Kier molecular flexibility index (Phi) is 6.67. The Morgan fingerprint density at radius 3 is 2.39 bits per heavy atom. The number of carboxylic acid groups (broad SMARTS) is 1. The van der Waals surface area contributed by atoms with Crippen molar-refractivity contribution in [3.63, 3.8) is 0 Å². The quantitative estimate of drug-likeness (QED) is 0.313. The van der Waals surface area contributed by atoms with Crippen molar-refractivity contribution in [2.24, 2.45) is 0 Å². The smallest absolute Gasteiger partial charge is 0.303 e. The zero-order valence-corrected chi connectivity index (χ0v) is 18.4. The summed E-state index contributed by atoms with van der Waals surface area (Å²) in [7, 11) is -4.41. The minimum absolute atomic E-state index is 0.115. The van der Waals surface area contributed by atoms with Gasteiger partial charge in [0.1, 0.15) is 5.75 Å². The number of carboxylic acids is 1. The number of phenols is 1. The molecular formula is C24H29NO5S. The molecule has 0 saturated heterocycles. The van der Waals surface area contributed by atoms with E-state index in [4.69, 9.17) is 5.11 Å². The van der Waals surface area contributed by atoms with E-state index in [0.717, 1.165) is 31.2 Å². The molecule has 3 aromatic carbocycles. The number of aromatic hydroxyl groups is 1. The van der Waals surface area contributed by atoms with Crippen LogP contribution in [0.25, 0.3) is 10.8 Å². The van der Waals surface area contributed by atoms with Crippen molar-refractivity contribution >= 4 is 32.0 Å². The zero-order valence-electron chi connectivity index (χ0n) is 17.6. The molecule has 0 unspecified atom stereocenters. The van der Waals surface area contributed by atoms with Crippen LogP contribution in [0.2, 0.25) is 0 Å². The average Bonchev–Trinajstić information content (AvgIpc) is 2.71. The molecule has 0 aliphatic carbocycles. The van der Waals surface area contributed by atoms with Gasteiger partial charge in [-0.25, -0.2) is 0 Å². The van der Waals surface area contributed by atoms with Gasteiger partial charge in [0.25, 0.3) is 0 Å². The van der Waals surface area contributed by atoms with E-state index in [0.29, 0.717) is 27.8 Å². The molecule has 3 rings (SSSR count). The van der Waals surface area contributed by atoms with Gasteiger partial charge in [-0.3, -0.25) is 14.1 Å². The summed E-state index contributed by atoms with van der Waals surface area (Å²) < 4.78 is 27.7. The largest absolute Gasteiger partial charge is 0.507 e. The highest BCUT2D eigenvalue weighted by Gasteiger charge is 2.25. The molecule has 0 radical (unpaired) electrons. The van der Waals surface area contributed by atoms with Gasteiger partial charge in [-0.1, -0.05) is 49.2 Å². The third-order valence-electron chi connectivity index (χ3n) is 5.31. The van der Waals surface area contributed by atoms with Crippen LogP contribution < -0.4 is 4.72 Å². The minimum Gasteiger partial charge on any atom is -0.507 e. The lowest BCUT2D eigenvalue weighted by atomic mass is 10.1. The van der Waals surface area contributed by atoms with Gasteiger partial charge in [0, 0.05) is 23.4 Å². The first-order valence-corrected chi connectivity index (χ1v) is 12.7. The molecule has 0 atom stereocenters. The molecule has 0 amide bonds. The van der Waals surface area contributed by atoms with Gasteiger partial charge in [0.2, 0.25) is 0 Å². The fourth-order valence-corrected chi connectivity index (χ4v) is 5.30. The summed E-state index contributed by atoms with van der Waals surface area (Å²) in [6.07, 6.45) is 5.57. The first kappa shape index (κ1) is 22.8. The van der Waals surface area contributed by atoms with Crippen LogP contribution in [0.15, 0.2) is 65.6 Å². The van der Waals surface area contributed by atoms with Gasteiger partial charge in [-0.05, 0) is 49.1 Å². The average molecular weight is 444 g/mol.